The number of piperidine rings is 1. The van der Waals surface area contributed by atoms with Crippen molar-refractivity contribution in [2.45, 2.75) is 31.1 Å². The average molecular weight is 405 g/mol. The molecule has 0 aliphatic carbocycles. The van der Waals surface area contributed by atoms with Gasteiger partial charge in [0.1, 0.15) is 5.54 Å². The van der Waals surface area contributed by atoms with Gasteiger partial charge in [-0.05, 0) is 50.7 Å². The Balaban J connectivity index is 1.69. The Morgan fingerprint density at radius 1 is 1.07 bits per heavy atom. The summed E-state index contributed by atoms with van der Waals surface area (Å²) in [6.45, 7) is 2.30. The molecule has 1 heterocycles. The number of likely N-dealkylation sites (tertiary alicyclic amines) is 1. The first-order chi connectivity index (χ1) is 13.7. The molecule has 0 bridgehead atoms. The number of nitrogens with one attached hydrogen (secondary N) is 1. The number of benzene rings is 2. The lowest BCUT2D eigenvalue weighted by molar-refractivity contribution is -0.137. The smallest absolute Gasteiger partial charge is 0.324 e. The molecule has 1 saturated heterocycles. The highest BCUT2D eigenvalue weighted by Gasteiger charge is 2.43. The van der Waals surface area contributed by atoms with Gasteiger partial charge in [-0.2, -0.15) is 13.2 Å². The lowest BCUT2D eigenvalue weighted by Crippen LogP contribution is -2.59. The van der Waals surface area contributed by atoms with E-state index in [2.05, 4.69) is 22.3 Å². The third-order valence-electron chi connectivity index (χ3n) is 5.66. The molecule has 3 rings (SSSR count). The van der Waals surface area contributed by atoms with E-state index in [4.69, 9.17) is 0 Å². The highest BCUT2D eigenvalue weighted by Crippen LogP contribution is 2.32. The van der Waals surface area contributed by atoms with Crippen molar-refractivity contribution in [3.05, 3.63) is 65.7 Å². The maximum absolute atomic E-state index is 13.1. The molecule has 0 saturated carbocycles. The van der Waals surface area contributed by atoms with E-state index in [0.717, 1.165) is 31.8 Å². The van der Waals surface area contributed by atoms with Gasteiger partial charge in [0.2, 0.25) is 5.91 Å². The average Bonchev–Trinajstić information content (AvgIpc) is 2.69. The molecule has 0 unspecified atom stereocenters. The van der Waals surface area contributed by atoms with E-state index >= 15 is 0 Å². The quantitative estimate of drug-likeness (QED) is 0.808. The van der Waals surface area contributed by atoms with Crippen molar-refractivity contribution in [1.29, 1.82) is 0 Å². The summed E-state index contributed by atoms with van der Waals surface area (Å²) in [5.41, 5.74) is -0.135. The zero-order valence-electron chi connectivity index (χ0n) is 16.7. The fourth-order valence-electron chi connectivity index (χ4n) is 3.82. The molecule has 0 aromatic heterocycles. The van der Waals surface area contributed by atoms with E-state index < -0.39 is 17.3 Å². The standard InChI is InChI=1S/C22H26F3N3O/c1-27(2)21(11-13-28(14-12-21)16-17-7-4-3-5-8-17)20(29)26-19-10-6-9-18(15-19)22(23,24)25/h3-10,15H,11-14,16H2,1-2H3,(H,26,29). The molecular weight excluding hydrogens is 379 g/mol. The van der Waals surface area contributed by atoms with Gasteiger partial charge in [0, 0.05) is 25.3 Å². The summed E-state index contributed by atoms with van der Waals surface area (Å²) in [6, 6.07) is 14.9. The topological polar surface area (TPSA) is 35.6 Å². The fraction of sp³-hybridized carbons (Fsp3) is 0.409. The number of hydrogen-bond acceptors (Lipinski definition) is 3. The highest BCUT2D eigenvalue weighted by molar-refractivity contribution is 5.98. The lowest BCUT2D eigenvalue weighted by Gasteiger charge is -2.44. The van der Waals surface area contributed by atoms with Crippen molar-refractivity contribution in [1.82, 2.24) is 9.80 Å². The molecule has 2 aromatic carbocycles. The van der Waals surface area contributed by atoms with Gasteiger partial charge in [-0.15, -0.1) is 0 Å². The second kappa shape index (κ2) is 8.55. The largest absolute Gasteiger partial charge is 0.416 e. The summed E-state index contributed by atoms with van der Waals surface area (Å²) in [4.78, 5) is 17.3. The number of amides is 1. The summed E-state index contributed by atoms with van der Waals surface area (Å²) < 4.78 is 38.9. The van der Waals surface area contributed by atoms with Gasteiger partial charge >= 0.3 is 6.18 Å². The van der Waals surface area contributed by atoms with E-state index in [1.54, 1.807) is 0 Å². The van der Waals surface area contributed by atoms with Crippen LogP contribution < -0.4 is 5.32 Å². The molecule has 1 aliphatic rings. The van der Waals surface area contributed by atoms with Crippen LogP contribution in [0.1, 0.15) is 24.0 Å². The number of carbonyl (C=O) groups is 1. The number of nitrogens with zero attached hydrogens (tertiary/aromatic N) is 2. The van der Waals surface area contributed by atoms with Crippen molar-refractivity contribution in [3.63, 3.8) is 0 Å². The van der Waals surface area contributed by atoms with Crippen molar-refractivity contribution < 1.29 is 18.0 Å². The Labute approximate surface area is 169 Å². The number of anilines is 1. The van der Waals surface area contributed by atoms with Crippen LogP contribution >= 0.6 is 0 Å². The highest BCUT2D eigenvalue weighted by atomic mass is 19.4. The Morgan fingerprint density at radius 3 is 2.31 bits per heavy atom. The second-order valence-corrected chi connectivity index (χ2v) is 7.72. The van der Waals surface area contributed by atoms with E-state index in [1.807, 2.05) is 37.2 Å². The van der Waals surface area contributed by atoms with Gasteiger partial charge in [-0.25, -0.2) is 0 Å². The number of hydrogen-bond donors (Lipinski definition) is 1. The maximum atomic E-state index is 13.1. The summed E-state index contributed by atoms with van der Waals surface area (Å²) in [5, 5.41) is 2.71. The first kappa shape index (κ1) is 21.3. The molecule has 0 radical (unpaired) electrons. The van der Waals surface area contributed by atoms with Crippen LogP contribution in [0.5, 0.6) is 0 Å². The Bertz CT molecular complexity index is 829. The van der Waals surface area contributed by atoms with Gasteiger partial charge in [0.05, 0.1) is 5.56 Å². The summed E-state index contributed by atoms with van der Waals surface area (Å²) >= 11 is 0. The molecule has 156 valence electrons. The van der Waals surface area contributed by atoms with Crippen molar-refractivity contribution in [2.75, 3.05) is 32.5 Å². The molecule has 1 amide bonds. The number of alkyl halides is 3. The zero-order valence-corrected chi connectivity index (χ0v) is 16.7. The van der Waals surface area contributed by atoms with Gasteiger partial charge in [0.25, 0.3) is 0 Å². The molecule has 2 aromatic rings. The SMILES string of the molecule is CN(C)C1(C(=O)Nc2cccc(C(F)(F)F)c2)CCN(Cc2ccccc2)CC1. The van der Waals surface area contributed by atoms with Crippen molar-refractivity contribution >= 4 is 11.6 Å². The predicted molar refractivity (Wildman–Crippen MR) is 107 cm³/mol. The van der Waals surface area contributed by atoms with Gasteiger partial charge in [-0.3, -0.25) is 14.6 Å². The van der Waals surface area contributed by atoms with E-state index in [1.165, 1.54) is 17.7 Å². The van der Waals surface area contributed by atoms with Crippen LogP contribution in [0.25, 0.3) is 0 Å². The Hall–Kier alpha value is -2.38. The molecule has 0 atom stereocenters. The summed E-state index contributed by atoms with van der Waals surface area (Å²) in [6.07, 6.45) is -3.22. The van der Waals surface area contributed by atoms with Crippen LogP contribution in [-0.4, -0.2) is 48.4 Å². The van der Waals surface area contributed by atoms with E-state index in [0.29, 0.717) is 12.8 Å². The van der Waals surface area contributed by atoms with Crippen LogP contribution in [0.15, 0.2) is 54.6 Å². The summed E-state index contributed by atoms with van der Waals surface area (Å²) in [7, 11) is 3.69. The second-order valence-electron chi connectivity index (χ2n) is 7.72. The molecule has 7 heteroatoms. The minimum atomic E-state index is -4.44. The number of carbonyl (C=O) groups excluding carboxylic acids is 1. The van der Waals surface area contributed by atoms with E-state index in [9.17, 15) is 18.0 Å². The van der Waals surface area contributed by atoms with Crippen molar-refractivity contribution in [2.24, 2.45) is 0 Å². The third kappa shape index (κ3) is 4.97. The Kier molecular flexibility index (Phi) is 6.29. The molecule has 1 N–H and O–H groups in total. The molecule has 1 aliphatic heterocycles. The fourth-order valence-corrected chi connectivity index (χ4v) is 3.82. The van der Waals surface area contributed by atoms with Crippen LogP contribution in [0.3, 0.4) is 0 Å². The molecule has 29 heavy (non-hydrogen) atoms. The monoisotopic (exact) mass is 405 g/mol. The van der Waals surface area contributed by atoms with Crippen LogP contribution in [0.2, 0.25) is 0 Å². The van der Waals surface area contributed by atoms with Gasteiger partial charge in [0.15, 0.2) is 0 Å². The Morgan fingerprint density at radius 2 is 1.72 bits per heavy atom. The molecule has 1 fully saturated rings. The first-order valence-electron chi connectivity index (χ1n) is 9.63. The van der Waals surface area contributed by atoms with Crippen molar-refractivity contribution in [3.8, 4) is 0 Å². The number of likely N-dealkylation sites (N-methyl/N-ethyl adjacent to an activating group) is 1. The normalized spacial score (nSPS) is 17.3. The number of halogens is 3. The van der Waals surface area contributed by atoms with Crippen LogP contribution in [0.4, 0.5) is 18.9 Å². The number of rotatable bonds is 5. The predicted octanol–water partition coefficient (Wildman–Crippen LogP) is 4.24. The first-order valence-corrected chi connectivity index (χ1v) is 9.63. The lowest BCUT2D eigenvalue weighted by atomic mass is 9.85. The molecular formula is C22H26F3N3O. The minimum Gasteiger partial charge on any atom is -0.324 e. The molecule has 0 spiro atoms. The zero-order chi connectivity index (χ0) is 21.1. The summed E-state index contributed by atoms with van der Waals surface area (Å²) in [5.74, 6) is -0.263. The van der Waals surface area contributed by atoms with Gasteiger partial charge < -0.3 is 5.32 Å². The van der Waals surface area contributed by atoms with Crippen LogP contribution in [0, 0.1) is 0 Å². The minimum absolute atomic E-state index is 0.165. The molecule has 4 nitrogen and oxygen atoms in total. The van der Waals surface area contributed by atoms with Gasteiger partial charge in [-0.1, -0.05) is 36.4 Å². The van der Waals surface area contributed by atoms with Crippen LogP contribution in [-0.2, 0) is 17.5 Å². The van der Waals surface area contributed by atoms with E-state index in [-0.39, 0.29) is 11.6 Å². The maximum Gasteiger partial charge on any atom is 0.416 e. The third-order valence-corrected chi connectivity index (χ3v) is 5.66.